The molecule has 0 aromatic carbocycles. The molecule has 4 heteroatoms. The molecule has 0 rings (SSSR count). The fraction of sp³-hybridized carbons (Fsp3) is 0.667. The second-order valence-electron chi connectivity index (χ2n) is 3.09. The van der Waals surface area contributed by atoms with Crippen molar-refractivity contribution in [3.63, 3.8) is 0 Å². The highest BCUT2D eigenvalue weighted by molar-refractivity contribution is 5.80. The van der Waals surface area contributed by atoms with Gasteiger partial charge >= 0.3 is 0 Å². The van der Waals surface area contributed by atoms with E-state index in [1.165, 1.54) is 0 Å². The van der Waals surface area contributed by atoms with Gasteiger partial charge in [-0.05, 0) is 13.8 Å². The Hall–Kier alpha value is -0.870. The summed E-state index contributed by atoms with van der Waals surface area (Å²) in [6.07, 6.45) is 0. The van der Waals surface area contributed by atoms with Crippen LogP contribution in [-0.4, -0.2) is 31.7 Å². The Morgan fingerprint density at radius 1 is 1.69 bits per heavy atom. The first-order valence-corrected chi connectivity index (χ1v) is 4.29. The van der Waals surface area contributed by atoms with Crippen molar-refractivity contribution >= 4 is 5.91 Å². The molecule has 76 valence electrons. The zero-order chi connectivity index (χ0) is 10.3. The standard InChI is InChI=1S/C9H18N2O2/c1-7(2)6-13-5-4-11-9(12)8(3)10/h8H,1,4-6,10H2,2-3H3,(H,11,12)/t8-/m0/s1. The zero-order valence-electron chi connectivity index (χ0n) is 8.30. The van der Waals surface area contributed by atoms with E-state index in [2.05, 4.69) is 11.9 Å². The van der Waals surface area contributed by atoms with Gasteiger partial charge in [0.25, 0.3) is 0 Å². The van der Waals surface area contributed by atoms with Crippen LogP contribution >= 0.6 is 0 Å². The van der Waals surface area contributed by atoms with Crippen LogP contribution in [0.15, 0.2) is 12.2 Å². The Bertz CT molecular complexity index is 178. The first-order valence-electron chi connectivity index (χ1n) is 4.29. The maximum Gasteiger partial charge on any atom is 0.236 e. The lowest BCUT2D eigenvalue weighted by Crippen LogP contribution is -2.39. The SMILES string of the molecule is C=C(C)COCCNC(=O)[C@H](C)N. The van der Waals surface area contributed by atoms with Gasteiger partial charge in [0.15, 0.2) is 0 Å². The number of carbonyl (C=O) groups excluding carboxylic acids is 1. The molecule has 0 saturated carbocycles. The Kier molecular flexibility index (Phi) is 6.18. The summed E-state index contributed by atoms with van der Waals surface area (Å²) >= 11 is 0. The molecule has 0 aliphatic heterocycles. The fourth-order valence-corrected chi connectivity index (χ4v) is 0.654. The molecule has 1 amide bonds. The molecule has 0 aliphatic carbocycles. The van der Waals surface area contributed by atoms with Crippen LogP contribution in [0.2, 0.25) is 0 Å². The van der Waals surface area contributed by atoms with Crippen molar-refractivity contribution in [2.45, 2.75) is 19.9 Å². The van der Waals surface area contributed by atoms with E-state index in [9.17, 15) is 4.79 Å². The van der Waals surface area contributed by atoms with Crippen LogP contribution in [0, 0.1) is 0 Å². The summed E-state index contributed by atoms with van der Waals surface area (Å²) in [5.74, 6) is -0.154. The third-order valence-electron chi connectivity index (χ3n) is 1.31. The Balaban J connectivity index is 3.26. The Morgan fingerprint density at radius 2 is 2.31 bits per heavy atom. The van der Waals surface area contributed by atoms with Crippen LogP contribution in [0.25, 0.3) is 0 Å². The topological polar surface area (TPSA) is 64.3 Å². The summed E-state index contributed by atoms with van der Waals surface area (Å²) < 4.78 is 5.17. The highest BCUT2D eigenvalue weighted by atomic mass is 16.5. The summed E-state index contributed by atoms with van der Waals surface area (Å²) in [6.45, 7) is 8.74. The number of rotatable bonds is 6. The van der Waals surface area contributed by atoms with Crippen LogP contribution in [0.3, 0.4) is 0 Å². The van der Waals surface area contributed by atoms with E-state index in [4.69, 9.17) is 10.5 Å². The Labute approximate surface area is 79.1 Å². The number of carbonyl (C=O) groups is 1. The van der Waals surface area contributed by atoms with Gasteiger partial charge < -0.3 is 15.8 Å². The van der Waals surface area contributed by atoms with Gasteiger partial charge in [-0.2, -0.15) is 0 Å². The minimum atomic E-state index is -0.457. The van der Waals surface area contributed by atoms with Gasteiger partial charge in [0, 0.05) is 6.54 Å². The van der Waals surface area contributed by atoms with Crippen molar-refractivity contribution < 1.29 is 9.53 Å². The molecule has 0 aromatic heterocycles. The summed E-state index contributed by atoms with van der Waals surface area (Å²) in [5, 5.41) is 2.64. The molecular formula is C9H18N2O2. The lowest BCUT2D eigenvalue weighted by Gasteiger charge is -2.07. The van der Waals surface area contributed by atoms with Crippen molar-refractivity contribution in [1.29, 1.82) is 0 Å². The first kappa shape index (κ1) is 12.1. The van der Waals surface area contributed by atoms with Gasteiger partial charge in [0.05, 0.1) is 19.3 Å². The van der Waals surface area contributed by atoms with Crippen LogP contribution in [0.5, 0.6) is 0 Å². The zero-order valence-corrected chi connectivity index (χ0v) is 8.30. The monoisotopic (exact) mass is 186 g/mol. The minimum absolute atomic E-state index is 0.154. The quantitative estimate of drug-likeness (QED) is 0.455. The van der Waals surface area contributed by atoms with Gasteiger partial charge in [-0.3, -0.25) is 4.79 Å². The largest absolute Gasteiger partial charge is 0.375 e. The molecule has 3 N–H and O–H groups in total. The van der Waals surface area contributed by atoms with Crippen molar-refractivity contribution in [2.24, 2.45) is 5.73 Å². The van der Waals surface area contributed by atoms with Crippen molar-refractivity contribution in [3.05, 3.63) is 12.2 Å². The first-order chi connectivity index (χ1) is 6.04. The minimum Gasteiger partial charge on any atom is -0.375 e. The molecule has 0 bridgehead atoms. The second-order valence-corrected chi connectivity index (χ2v) is 3.09. The summed E-state index contributed by atoms with van der Waals surface area (Å²) in [6, 6.07) is -0.457. The molecule has 0 heterocycles. The number of ether oxygens (including phenoxy) is 1. The Morgan fingerprint density at radius 3 is 2.77 bits per heavy atom. The smallest absolute Gasteiger partial charge is 0.236 e. The third-order valence-corrected chi connectivity index (χ3v) is 1.31. The lowest BCUT2D eigenvalue weighted by atomic mass is 10.3. The van der Waals surface area contributed by atoms with Crippen LogP contribution in [0.1, 0.15) is 13.8 Å². The normalized spacial score (nSPS) is 12.2. The number of hydrogen-bond donors (Lipinski definition) is 2. The van der Waals surface area contributed by atoms with Crippen molar-refractivity contribution in [2.75, 3.05) is 19.8 Å². The van der Waals surface area contributed by atoms with E-state index < -0.39 is 6.04 Å². The molecule has 0 unspecified atom stereocenters. The van der Waals surface area contributed by atoms with Gasteiger partial charge in [-0.25, -0.2) is 0 Å². The second kappa shape index (κ2) is 6.62. The van der Waals surface area contributed by atoms with Crippen LogP contribution in [-0.2, 0) is 9.53 Å². The van der Waals surface area contributed by atoms with Gasteiger partial charge in [0.2, 0.25) is 5.91 Å². The number of nitrogens with two attached hydrogens (primary N) is 1. The summed E-state index contributed by atoms with van der Waals surface area (Å²) in [7, 11) is 0. The van der Waals surface area contributed by atoms with E-state index in [-0.39, 0.29) is 5.91 Å². The van der Waals surface area contributed by atoms with Crippen LogP contribution in [0.4, 0.5) is 0 Å². The average molecular weight is 186 g/mol. The van der Waals surface area contributed by atoms with Crippen molar-refractivity contribution in [1.82, 2.24) is 5.32 Å². The molecule has 1 atom stereocenters. The maximum atomic E-state index is 10.9. The molecule has 0 spiro atoms. The molecule has 4 nitrogen and oxygen atoms in total. The molecule has 13 heavy (non-hydrogen) atoms. The van der Waals surface area contributed by atoms with Crippen molar-refractivity contribution in [3.8, 4) is 0 Å². The van der Waals surface area contributed by atoms with E-state index in [0.717, 1.165) is 5.57 Å². The highest BCUT2D eigenvalue weighted by Crippen LogP contribution is 1.86. The van der Waals surface area contributed by atoms with Gasteiger partial charge in [-0.1, -0.05) is 12.2 Å². The van der Waals surface area contributed by atoms with E-state index in [1.54, 1.807) is 6.92 Å². The summed E-state index contributed by atoms with van der Waals surface area (Å²) in [4.78, 5) is 10.9. The van der Waals surface area contributed by atoms with Gasteiger partial charge in [0.1, 0.15) is 0 Å². The molecule has 0 radical (unpaired) electrons. The average Bonchev–Trinajstić information content (AvgIpc) is 2.02. The molecular weight excluding hydrogens is 168 g/mol. The predicted molar refractivity (Wildman–Crippen MR) is 52.3 cm³/mol. The lowest BCUT2D eigenvalue weighted by molar-refractivity contribution is -0.122. The number of amides is 1. The number of hydrogen-bond acceptors (Lipinski definition) is 3. The predicted octanol–water partition coefficient (Wildman–Crippen LogP) is 0.0425. The molecule has 0 saturated heterocycles. The third kappa shape index (κ3) is 7.49. The molecule has 0 fully saturated rings. The highest BCUT2D eigenvalue weighted by Gasteiger charge is 2.04. The van der Waals surface area contributed by atoms with E-state index >= 15 is 0 Å². The number of nitrogens with one attached hydrogen (secondary N) is 1. The maximum absolute atomic E-state index is 10.9. The fourth-order valence-electron chi connectivity index (χ4n) is 0.654. The molecule has 0 aliphatic rings. The molecule has 0 aromatic rings. The van der Waals surface area contributed by atoms with E-state index in [0.29, 0.717) is 19.8 Å². The van der Waals surface area contributed by atoms with Gasteiger partial charge in [-0.15, -0.1) is 0 Å². The van der Waals surface area contributed by atoms with Crippen LogP contribution < -0.4 is 11.1 Å². The van der Waals surface area contributed by atoms with E-state index in [1.807, 2.05) is 6.92 Å². The summed E-state index contributed by atoms with van der Waals surface area (Å²) in [5.41, 5.74) is 6.30.